The van der Waals surface area contributed by atoms with Gasteiger partial charge in [-0.15, -0.1) is 0 Å². The van der Waals surface area contributed by atoms with Crippen molar-refractivity contribution in [3.05, 3.63) is 0 Å². The Morgan fingerprint density at radius 3 is 2.73 bits per heavy atom. The summed E-state index contributed by atoms with van der Waals surface area (Å²) < 4.78 is 10.9. The van der Waals surface area contributed by atoms with E-state index in [9.17, 15) is 5.11 Å². The van der Waals surface area contributed by atoms with Crippen LogP contribution in [0.2, 0.25) is 0 Å². The summed E-state index contributed by atoms with van der Waals surface area (Å²) in [6.45, 7) is 2.52. The van der Waals surface area contributed by atoms with Gasteiger partial charge in [0.05, 0.1) is 18.8 Å². The first-order chi connectivity index (χ1) is 7.36. The van der Waals surface area contributed by atoms with Gasteiger partial charge in [0, 0.05) is 19.1 Å². The van der Waals surface area contributed by atoms with Crippen LogP contribution < -0.4 is 0 Å². The fourth-order valence-corrected chi connectivity index (χ4v) is 2.53. The highest BCUT2D eigenvalue weighted by atomic mass is 16.5. The topological polar surface area (TPSA) is 38.7 Å². The van der Waals surface area contributed by atoms with E-state index in [0.29, 0.717) is 12.0 Å². The van der Waals surface area contributed by atoms with Crippen molar-refractivity contribution in [1.82, 2.24) is 0 Å². The monoisotopic (exact) mass is 214 g/mol. The van der Waals surface area contributed by atoms with Crippen molar-refractivity contribution in [3.63, 3.8) is 0 Å². The molecule has 0 spiro atoms. The van der Waals surface area contributed by atoms with Crippen LogP contribution in [0.25, 0.3) is 0 Å². The Morgan fingerprint density at radius 2 is 2.07 bits per heavy atom. The molecule has 88 valence electrons. The minimum absolute atomic E-state index is 0.186. The first-order valence-corrected chi connectivity index (χ1v) is 6.23. The first-order valence-electron chi connectivity index (χ1n) is 6.23. The number of rotatable bonds is 4. The van der Waals surface area contributed by atoms with Crippen molar-refractivity contribution >= 4 is 0 Å². The molecule has 0 aliphatic carbocycles. The van der Waals surface area contributed by atoms with Gasteiger partial charge in [-0.2, -0.15) is 0 Å². The number of hydrogen-bond donors (Lipinski definition) is 1. The molecule has 0 aromatic rings. The Morgan fingerprint density at radius 1 is 1.20 bits per heavy atom. The molecule has 2 heterocycles. The quantitative estimate of drug-likeness (QED) is 0.774. The van der Waals surface area contributed by atoms with Gasteiger partial charge in [0.25, 0.3) is 0 Å². The molecule has 0 bridgehead atoms. The van der Waals surface area contributed by atoms with Gasteiger partial charge in [0.15, 0.2) is 0 Å². The van der Waals surface area contributed by atoms with Crippen molar-refractivity contribution in [1.29, 1.82) is 0 Å². The molecule has 0 amide bonds. The van der Waals surface area contributed by atoms with Gasteiger partial charge >= 0.3 is 0 Å². The summed E-state index contributed by atoms with van der Waals surface area (Å²) in [6, 6.07) is 0. The second-order valence-electron chi connectivity index (χ2n) is 4.76. The van der Waals surface area contributed by atoms with Crippen LogP contribution in [-0.4, -0.2) is 37.1 Å². The zero-order valence-corrected chi connectivity index (χ0v) is 9.36. The molecule has 0 aromatic heterocycles. The highest BCUT2D eigenvalue weighted by molar-refractivity contribution is 4.74. The van der Waals surface area contributed by atoms with Gasteiger partial charge < -0.3 is 14.6 Å². The average Bonchev–Trinajstić information content (AvgIpc) is 2.80. The smallest absolute Gasteiger partial charge is 0.0591 e. The Balaban J connectivity index is 1.64. The summed E-state index contributed by atoms with van der Waals surface area (Å²) in [5.41, 5.74) is 0. The molecule has 2 saturated heterocycles. The molecule has 3 unspecified atom stereocenters. The molecule has 3 atom stereocenters. The standard InChI is InChI=1S/C12H22O3/c13-12(10-3-1-7-14-9-10)6-5-11-4-2-8-15-11/h10-13H,1-9H2. The molecule has 1 N–H and O–H groups in total. The molecule has 0 saturated carbocycles. The lowest BCUT2D eigenvalue weighted by Crippen LogP contribution is -2.29. The predicted molar refractivity (Wildman–Crippen MR) is 57.8 cm³/mol. The van der Waals surface area contributed by atoms with Crippen LogP contribution in [0.3, 0.4) is 0 Å². The lowest BCUT2D eigenvalue weighted by atomic mass is 9.92. The third-order valence-corrected chi connectivity index (χ3v) is 3.55. The first kappa shape index (κ1) is 11.4. The summed E-state index contributed by atoms with van der Waals surface area (Å²) in [5, 5.41) is 10.00. The average molecular weight is 214 g/mol. The van der Waals surface area contributed by atoms with E-state index < -0.39 is 0 Å². The van der Waals surface area contributed by atoms with Gasteiger partial charge in [-0.25, -0.2) is 0 Å². The van der Waals surface area contributed by atoms with Crippen molar-refractivity contribution in [2.24, 2.45) is 5.92 Å². The SMILES string of the molecule is OC(CCC1CCCO1)C1CCCOC1. The van der Waals surface area contributed by atoms with E-state index in [1.165, 1.54) is 12.8 Å². The summed E-state index contributed by atoms with van der Waals surface area (Å²) in [5.74, 6) is 0.361. The lowest BCUT2D eigenvalue weighted by Gasteiger charge is -2.27. The molecule has 15 heavy (non-hydrogen) atoms. The molecule has 0 aromatic carbocycles. The summed E-state index contributed by atoms with van der Waals surface area (Å²) >= 11 is 0. The fraction of sp³-hybridized carbons (Fsp3) is 1.00. The van der Waals surface area contributed by atoms with Crippen LogP contribution in [0, 0.1) is 5.92 Å². The number of hydrogen-bond acceptors (Lipinski definition) is 3. The van der Waals surface area contributed by atoms with E-state index in [0.717, 1.165) is 45.5 Å². The Bertz CT molecular complexity index is 172. The van der Waals surface area contributed by atoms with Gasteiger partial charge in [-0.3, -0.25) is 0 Å². The second-order valence-corrected chi connectivity index (χ2v) is 4.76. The zero-order valence-electron chi connectivity index (χ0n) is 9.36. The molecular formula is C12H22O3. The molecule has 0 radical (unpaired) electrons. The Labute approximate surface area is 91.8 Å². The molecule has 2 aliphatic heterocycles. The van der Waals surface area contributed by atoms with Crippen LogP contribution in [0.15, 0.2) is 0 Å². The summed E-state index contributed by atoms with van der Waals surface area (Å²) in [4.78, 5) is 0. The number of ether oxygens (including phenoxy) is 2. The van der Waals surface area contributed by atoms with E-state index in [-0.39, 0.29) is 6.10 Å². The van der Waals surface area contributed by atoms with Gasteiger partial charge in [-0.05, 0) is 38.5 Å². The third-order valence-electron chi connectivity index (χ3n) is 3.55. The second kappa shape index (κ2) is 5.83. The normalized spacial score (nSPS) is 34.2. The minimum Gasteiger partial charge on any atom is -0.393 e. The molecule has 2 rings (SSSR count). The van der Waals surface area contributed by atoms with Gasteiger partial charge in [0.2, 0.25) is 0 Å². The van der Waals surface area contributed by atoms with E-state index >= 15 is 0 Å². The van der Waals surface area contributed by atoms with Crippen LogP contribution in [0.1, 0.15) is 38.5 Å². The van der Waals surface area contributed by atoms with Crippen molar-refractivity contribution in [3.8, 4) is 0 Å². The van der Waals surface area contributed by atoms with Crippen molar-refractivity contribution in [2.75, 3.05) is 19.8 Å². The largest absolute Gasteiger partial charge is 0.393 e. The lowest BCUT2D eigenvalue weighted by molar-refractivity contribution is -0.0179. The molecule has 3 heteroatoms. The molecule has 3 nitrogen and oxygen atoms in total. The number of aliphatic hydroxyl groups is 1. The van der Waals surface area contributed by atoms with Crippen LogP contribution in [0.5, 0.6) is 0 Å². The van der Waals surface area contributed by atoms with Crippen LogP contribution >= 0.6 is 0 Å². The minimum atomic E-state index is -0.186. The zero-order chi connectivity index (χ0) is 10.5. The molecule has 2 fully saturated rings. The third kappa shape index (κ3) is 3.44. The summed E-state index contributed by atoms with van der Waals surface area (Å²) in [6.07, 6.45) is 6.69. The Hall–Kier alpha value is -0.120. The fourth-order valence-electron chi connectivity index (χ4n) is 2.53. The molecule has 2 aliphatic rings. The highest BCUT2D eigenvalue weighted by Gasteiger charge is 2.24. The highest BCUT2D eigenvalue weighted by Crippen LogP contribution is 2.23. The van der Waals surface area contributed by atoms with Crippen molar-refractivity contribution < 1.29 is 14.6 Å². The number of aliphatic hydroxyl groups excluding tert-OH is 1. The summed E-state index contributed by atoms with van der Waals surface area (Å²) in [7, 11) is 0. The van der Waals surface area contributed by atoms with Crippen LogP contribution in [-0.2, 0) is 9.47 Å². The predicted octanol–water partition coefficient (Wildman–Crippen LogP) is 1.73. The van der Waals surface area contributed by atoms with Crippen molar-refractivity contribution in [2.45, 2.75) is 50.7 Å². The van der Waals surface area contributed by atoms with Gasteiger partial charge in [-0.1, -0.05) is 0 Å². The van der Waals surface area contributed by atoms with Gasteiger partial charge in [0.1, 0.15) is 0 Å². The van der Waals surface area contributed by atoms with E-state index in [1.54, 1.807) is 0 Å². The maximum Gasteiger partial charge on any atom is 0.0591 e. The maximum atomic E-state index is 10.00. The maximum absolute atomic E-state index is 10.00. The van der Waals surface area contributed by atoms with E-state index in [1.807, 2.05) is 0 Å². The molecular weight excluding hydrogens is 192 g/mol. The van der Waals surface area contributed by atoms with E-state index in [2.05, 4.69) is 0 Å². The van der Waals surface area contributed by atoms with Crippen LogP contribution in [0.4, 0.5) is 0 Å². The van der Waals surface area contributed by atoms with E-state index in [4.69, 9.17) is 9.47 Å². The Kier molecular flexibility index (Phi) is 4.42.